The number of para-hydroxylation sites is 1. The number of nitrogens with one attached hydrogen (secondary N) is 1. The van der Waals surface area contributed by atoms with Gasteiger partial charge in [-0.05, 0) is 29.3 Å². The van der Waals surface area contributed by atoms with Gasteiger partial charge in [0.2, 0.25) is 0 Å². The first-order valence-corrected chi connectivity index (χ1v) is 10.5. The van der Waals surface area contributed by atoms with Crippen molar-refractivity contribution in [3.05, 3.63) is 135 Å². The molecule has 4 aromatic rings. The molecular weight excluding hydrogens is 413 g/mol. The van der Waals surface area contributed by atoms with Crippen LogP contribution < -0.4 is 5.32 Å². The summed E-state index contributed by atoms with van der Waals surface area (Å²) in [6, 6.07) is 34.4. The molecule has 0 amide bonds. The Morgan fingerprint density at radius 1 is 0.700 bits per heavy atom. The fraction of sp³-hybridized carbons (Fsp3) is 0.0769. The molecule has 0 saturated carbocycles. The molecule has 30 heavy (non-hydrogen) atoms. The lowest BCUT2D eigenvalue weighted by molar-refractivity contribution is -0.0431. The fourth-order valence-corrected chi connectivity index (χ4v) is 4.65. The Bertz CT molecular complexity index is 1140. The van der Waals surface area contributed by atoms with E-state index in [2.05, 4.69) is 41.7 Å². The van der Waals surface area contributed by atoms with Crippen LogP contribution in [0.4, 0.5) is 5.69 Å². The third kappa shape index (κ3) is 3.18. The molecular formula is C26H19Cl2NO. The Labute approximate surface area is 186 Å². The number of halogens is 2. The van der Waals surface area contributed by atoms with Gasteiger partial charge in [-0.1, -0.05) is 108 Å². The molecule has 1 atom stereocenters. The van der Waals surface area contributed by atoms with Gasteiger partial charge in [-0.15, -0.1) is 0 Å². The molecule has 1 heterocycles. The van der Waals surface area contributed by atoms with Gasteiger partial charge in [-0.25, -0.2) is 0 Å². The van der Waals surface area contributed by atoms with Crippen molar-refractivity contribution in [1.82, 2.24) is 0 Å². The van der Waals surface area contributed by atoms with Crippen molar-refractivity contribution in [1.29, 1.82) is 0 Å². The van der Waals surface area contributed by atoms with Crippen LogP contribution in [0, 0.1) is 0 Å². The second kappa shape index (κ2) is 7.81. The lowest BCUT2D eigenvalue weighted by atomic mass is 9.78. The van der Waals surface area contributed by atoms with E-state index in [9.17, 15) is 0 Å². The zero-order chi connectivity index (χ0) is 20.6. The number of anilines is 1. The molecule has 0 unspecified atom stereocenters. The Kier molecular flexibility index (Phi) is 5.00. The first-order chi connectivity index (χ1) is 14.7. The van der Waals surface area contributed by atoms with Gasteiger partial charge in [0.25, 0.3) is 0 Å². The third-order valence-corrected chi connectivity index (χ3v) is 6.06. The molecule has 0 radical (unpaired) electrons. The number of fused-ring (bicyclic) bond motifs is 1. The van der Waals surface area contributed by atoms with E-state index in [0.29, 0.717) is 10.0 Å². The van der Waals surface area contributed by atoms with E-state index in [1.165, 1.54) is 0 Å². The van der Waals surface area contributed by atoms with Crippen LogP contribution in [0.2, 0.25) is 10.0 Å². The maximum atomic E-state index is 6.94. The normalized spacial score (nSPS) is 17.1. The summed E-state index contributed by atoms with van der Waals surface area (Å²) in [7, 11) is 0. The van der Waals surface area contributed by atoms with Crippen molar-refractivity contribution < 1.29 is 4.74 Å². The number of hydrogen-bond acceptors (Lipinski definition) is 2. The molecule has 148 valence electrons. The Balaban J connectivity index is 1.78. The van der Waals surface area contributed by atoms with E-state index < -0.39 is 11.8 Å². The summed E-state index contributed by atoms with van der Waals surface area (Å²) in [5, 5.41) is 4.68. The van der Waals surface area contributed by atoms with Crippen molar-refractivity contribution in [3.8, 4) is 0 Å². The minimum Gasteiger partial charge on any atom is -0.356 e. The summed E-state index contributed by atoms with van der Waals surface area (Å²) in [6.45, 7) is 0. The van der Waals surface area contributed by atoms with Gasteiger partial charge in [-0.3, -0.25) is 0 Å². The second-order valence-corrected chi connectivity index (χ2v) is 8.11. The van der Waals surface area contributed by atoms with Gasteiger partial charge in [0.05, 0.1) is 0 Å². The van der Waals surface area contributed by atoms with E-state index in [1.807, 2.05) is 60.7 Å². The summed E-state index contributed by atoms with van der Waals surface area (Å²) in [6.07, 6.45) is -0.454. The Morgan fingerprint density at radius 2 is 1.30 bits per heavy atom. The molecule has 0 spiro atoms. The first kappa shape index (κ1) is 19.2. The summed E-state index contributed by atoms with van der Waals surface area (Å²) in [5.74, 6) is 0. The first-order valence-electron chi connectivity index (χ1n) is 9.78. The molecule has 1 aliphatic rings. The van der Waals surface area contributed by atoms with Crippen molar-refractivity contribution in [2.75, 3.05) is 5.32 Å². The summed E-state index contributed by atoms with van der Waals surface area (Å²) < 4.78 is 6.94. The number of rotatable bonds is 3. The molecule has 2 nitrogen and oxygen atoms in total. The standard InChI is InChI=1S/C26H19Cl2NO/c27-20-15-16-21(23(28)17-20)25-29-24-14-8-7-13-22(24)26(30-25,18-9-3-1-4-10-18)19-11-5-2-6-12-19/h1-17,25,29H/t25-/m1/s1. The number of ether oxygens (including phenoxy) is 1. The minimum absolute atomic E-state index is 0.454. The quantitative estimate of drug-likeness (QED) is 0.364. The van der Waals surface area contributed by atoms with Crippen LogP contribution in [-0.2, 0) is 10.3 Å². The topological polar surface area (TPSA) is 21.3 Å². The average Bonchev–Trinajstić information content (AvgIpc) is 2.79. The summed E-state index contributed by atoms with van der Waals surface area (Å²) in [4.78, 5) is 0. The molecule has 1 N–H and O–H groups in total. The van der Waals surface area contributed by atoms with Crippen LogP contribution in [0.15, 0.2) is 103 Å². The predicted molar refractivity (Wildman–Crippen MR) is 123 cm³/mol. The van der Waals surface area contributed by atoms with Crippen molar-refractivity contribution >= 4 is 28.9 Å². The molecule has 5 rings (SSSR count). The van der Waals surface area contributed by atoms with E-state index >= 15 is 0 Å². The number of hydrogen-bond donors (Lipinski definition) is 1. The maximum Gasteiger partial charge on any atom is 0.157 e. The molecule has 4 heteroatoms. The van der Waals surface area contributed by atoms with Crippen molar-refractivity contribution in [2.45, 2.75) is 11.8 Å². The Hall–Kier alpha value is -2.78. The van der Waals surface area contributed by atoms with Gasteiger partial charge < -0.3 is 10.1 Å². The third-order valence-electron chi connectivity index (χ3n) is 5.49. The lowest BCUT2D eigenvalue weighted by Crippen LogP contribution is -2.40. The van der Waals surface area contributed by atoms with Crippen LogP contribution in [0.5, 0.6) is 0 Å². The van der Waals surface area contributed by atoms with Crippen molar-refractivity contribution in [2.24, 2.45) is 0 Å². The van der Waals surface area contributed by atoms with Crippen LogP contribution >= 0.6 is 23.2 Å². The van der Waals surface area contributed by atoms with E-state index in [1.54, 1.807) is 6.07 Å². The fourth-order valence-electron chi connectivity index (χ4n) is 4.14. The van der Waals surface area contributed by atoms with Gasteiger partial charge in [0.15, 0.2) is 6.23 Å². The van der Waals surface area contributed by atoms with E-state index in [4.69, 9.17) is 27.9 Å². The molecule has 4 aromatic carbocycles. The van der Waals surface area contributed by atoms with Crippen LogP contribution in [0.3, 0.4) is 0 Å². The second-order valence-electron chi connectivity index (χ2n) is 7.27. The lowest BCUT2D eigenvalue weighted by Gasteiger charge is -2.44. The van der Waals surface area contributed by atoms with Gasteiger partial charge in [-0.2, -0.15) is 0 Å². The SMILES string of the molecule is Clc1ccc([C@@H]2Nc3ccccc3C(c3ccccc3)(c3ccccc3)O2)c(Cl)c1. The zero-order valence-electron chi connectivity index (χ0n) is 16.1. The highest BCUT2D eigenvalue weighted by Crippen LogP contribution is 2.50. The monoisotopic (exact) mass is 431 g/mol. The number of benzene rings is 4. The van der Waals surface area contributed by atoms with Crippen LogP contribution in [0.25, 0.3) is 0 Å². The minimum atomic E-state index is -0.794. The van der Waals surface area contributed by atoms with E-state index in [0.717, 1.165) is 27.9 Å². The van der Waals surface area contributed by atoms with Gasteiger partial charge >= 0.3 is 0 Å². The smallest absolute Gasteiger partial charge is 0.157 e. The molecule has 0 aromatic heterocycles. The van der Waals surface area contributed by atoms with E-state index in [-0.39, 0.29) is 0 Å². The molecule has 0 saturated heterocycles. The highest BCUT2D eigenvalue weighted by atomic mass is 35.5. The predicted octanol–water partition coefficient (Wildman–Crippen LogP) is 7.43. The molecule has 0 aliphatic carbocycles. The zero-order valence-corrected chi connectivity index (χ0v) is 17.6. The molecule has 0 bridgehead atoms. The highest BCUT2D eigenvalue weighted by Gasteiger charge is 2.45. The van der Waals surface area contributed by atoms with Crippen molar-refractivity contribution in [3.63, 3.8) is 0 Å². The highest BCUT2D eigenvalue weighted by molar-refractivity contribution is 6.35. The summed E-state index contributed by atoms with van der Waals surface area (Å²) in [5.41, 5.74) is 4.22. The van der Waals surface area contributed by atoms with Crippen LogP contribution in [0.1, 0.15) is 28.5 Å². The van der Waals surface area contributed by atoms with Crippen LogP contribution in [-0.4, -0.2) is 0 Å². The maximum absolute atomic E-state index is 6.94. The summed E-state index contributed by atoms with van der Waals surface area (Å²) >= 11 is 12.7. The molecule has 0 fully saturated rings. The van der Waals surface area contributed by atoms with Gasteiger partial charge in [0.1, 0.15) is 5.60 Å². The Morgan fingerprint density at radius 3 is 1.93 bits per heavy atom. The van der Waals surface area contributed by atoms with Gasteiger partial charge in [0, 0.05) is 26.9 Å². The molecule has 1 aliphatic heterocycles. The largest absolute Gasteiger partial charge is 0.356 e. The average molecular weight is 432 g/mol.